The highest BCUT2D eigenvalue weighted by Gasteiger charge is 2.19. The van der Waals surface area contributed by atoms with Gasteiger partial charge >= 0.3 is 0 Å². The summed E-state index contributed by atoms with van der Waals surface area (Å²) in [6.45, 7) is 5.46. The molecule has 1 atom stereocenters. The minimum absolute atomic E-state index is 0.625. The van der Waals surface area contributed by atoms with Crippen LogP contribution in [0.15, 0.2) is 4.42 Å². The van der Waals surface area contributed by atoms with E-state index in [0.29, 0.717) is 5.92 Å². The molecule has 4 heteroatoms. The van der Waals surface area contributed by atoms with Gasteiger partial charge in [0.25, 0.3) is 0 Å². The first-order valence-electron chi connectivity index (χ1n) is 6.82. The van der Waals surface area contributed by atoms with E-state index in [4.69, 9.17) is 4.42 Å². The van der Waals surface area contributed by atoms with E-state index in [0.717, 1.165) is 50.1 Å². The Morgan fingerprint density at radius 1 is 1.35 bits per heavy atom. The van der Waals surface area contributed by atoms with Gasteiger partial charge in [-0.15, -0.1) is 10.2 Å². The summed E-state index contributed by atoms with van der Waals surface area (Å²) in [6.07, 6.45) is 6.74. The third-order valence-corrected chi connectivity index (χ3v) is 3.31. The second kappa shape index (κ2) is 6.15. The van der Waals surface area contributed by atoms with Crippen molar-refractivity contribution in [3.05, 3.63) is 11.8 Å². The standard InChI is InChI=1S/C13H23N3O/c1-3-10(2)9-13-16-15-12(17-13)5-4-8-14-11-6-7-11/h10-11,14H,3-9H2,1-2H3. The molecule has 1 aromatic rings. The summed E-state index contributed by atoms with van der Waals surface area (Å²) in [5.41, 5.74) is 0. The molecule has 0 radical (unpaired) electrons. The number of hydrogen-bond donors (Lipinski definition) is 1. The molecular formula is C13H23N3O. The minimum Gasteiger partial charge on any atom is -0.425 e. The van der Waals surface area contributed by atoms with Gasteiger partial charge in [-0.25, -0.2) is 0 Å². The van der Waals surface area contributed by atoms with Crippen molar-refractivity contribution in [2.45, 2.75) is 58.4 Å². The minimum atomic E-state index is 0.625. The molecule has 1 N–H and O–H groups in total. The van der Waals surface area contributed by atoms with Gasteiger partial charge in [0, 0.05) is 18.9 Å². The van der Waals surface area contributed by atoms with Gasteiger partial charge in [-0.2, -0.15) is 0 Å². The summed E-state index contributed by atoms with van der Waals surface area (Å²) in [7, 11) is 0. The van der Waals surface area contributed by atoms with Crippen molar-refractivity contribution >= 4 is 0 Å². The zero-order valence-electron chi connectivity index (χ0n) is 10.9. The number of nitrogens with zero attached hydrogens (tertiary/aromatic N) is 2. The van der Waals surface area contributed by atoms with Gasteiger partial charge in [-0.3, -0.25) is 0 Å². The molecule has 1 aliphatic carbocycles. The van der Waals surface area contributed by atoms with Crippen molar-refractivity contribution in [3.63, 3.8) is 0 Å². The fourth-order valence-corrected chi connectivity index (χ4v) is 1.75. The van der Waals surface area contributed by atoms with E-state index in [9.17, 15) is 0 Å². The topological polar surface area (TPSA) is 51.0 Å². The molecule has 1 aromatic heterocycles. The Kier molecular flexibility index (Phi) is 4.54. The van der Waals surface area contributed by atoms with Crippen LogP contribution in [0.3, 0.4) is 0 Å². The van der Waals surface area contributed by atoms with Crippen LogP contribution in [0.4, 0.5) is 0 Å². The fraction of sp³-hybridized carbons (Fsp3) is 0.846. The van der Waals surface area contributed by atoms with Crippen LogP contribution >= 0.6 is 0 Å². The van der Waals surface area contributed by atoms with Crippen LogP contribution in [-0.4, -0.2) is 22.8 Å². The SMILES string of the molecule is CCC(C)Cc1nnc(CCCNC2CC2)o1. The van der Waals surface area contributed by atoms with E-state index in [1.807, 2.05) is 0 Å². The average Bonchev–Trinajstić information content (AvgIpc) is 3.05. The Balaban J connectivity index is 1.65. The molecule has 1 heterocycles. The smallest absolute Gasteiger partial charge is 0.216 e. The van der Waals surface area contributed by atoms with Crippen LogP contribution in [0.2, 0.25) is 0 Å². The molecule has 0 amide bonds. The van der Waals surface area contributed by atoms with E-state index >= 15 is 0 Å². The van der Waals surface area contributed by atoms with E-state index < -0.39 is 0 Å². The molecule has 1 fully saturated rings. The number of nitrogens with one attached hydrogen (secondary N) is 1. The molecule has 17 heavy (non-hydrogen) atoms. The first-order chi connectivity index (χ1) is 8.28. The molecule has 1 saturated carbocycles. The summed E-state index contributed by atoms with van der Waals surface area (Å²) in [6, 6.07) is 0.790. The molecule has 96 valence electrons. The lowest BCUT2D eigenvalue weighted by Gasteiger charge is -2.02. The van der Waals surface area contributed by atoms with Gasteiger partial charge < -0.3 is 9.73 Å². The molecule has 1 aliphatic rings. The van der Waals surface area contributed by atoms with Crippen LogP contribution in [0, 0.1) is 5.92 Å². The Morgan fingerprint density at radius 3 is 2.82 bits per heavy atom. The van der Waals surface area contributed by atoms with E-state index in [1.165, 1.54) is 12.8 Å². The summed E-state index contributed by atoms with van der Waals surface area (Å²) < 4.78 is 5.63. The lowest BCUT2D eigenvalue weighted by atomic mass is 10.1. The molecule has 4 nitrogen and oxygen atoms in total. The molecule has 2 rings (SSSR count). The van der Waals surface area contributed by atoms with Crippen molar-refractivity contribution in [2.75, 3.05) is 6.54 Å². The highest BCUT2D eigenvalue weighted by Crippen LogP contribution is 2.18. The molecule has 0 aromatic carbocycles. The van der Waals surface area contributed by atoms with E-state index in [2.05, 4.69) is 29.4 Å². The van der Waals surface area contributed by atoms with Gasteiger partial charge in [-0.05, 0) is 31.7 Å². The number of aryl methyl sites for hydroxylation is 1. The monoisotopic (exact) mass is 237 g/mol. The average molecular weight is 237 g/mol. The van der Waals surface area contributed by atoms with Crippen molar-refractivity contribution in [3.8, 4) is 0 Å². The van der Waals surface area contributed by atoms with Gasteiger partial charge in [0.1, 0.15) is 0 Å². The maximum Gasteiger partial charge on any atom is 0.216 e. The van der Waals surface area contributed by atoms with Crippen molar-refractivity contribution in [1.82, 2.24) is 15.5 Å². The maximum absolute atomic E-state index is 5.63. The highest BCUT2D eigenvalue weighted by atomic mass is 16.4. The van der Waals surface area contributed by atoms with E-state index in [1.54, 1.807) is 0 Å². The largest absolute Gasteiger partial charge is 0.425 e. The first kappa shape index (κ1) is 12.6. The molecule has 1 unspecified atom stereocenters. The second-order valence-electron chi connectivity index (χ2n) is 5.14. The third-order valence-electron chi connectivity index (χ3n) is 3.31. The summed E-state index contributed by atoms with van der Waals surface area (Å²) >= 11 is 0. The Bertz CT molecular complexity index is 333. The van der Waals surface area contributed by atoms with Crippen LogP contribution in [0.1, 0.15) is 51.3 Å². The summed E-state index contributed by atoms with van der Waals surface area (Å²) in [5.74, 6) is 2.21. The Morgan fingerprint density at radius 2 is 2.12 bits per heavy atom. The lowest BCUT2D eigenvalue weighted by molar-refractivity contribution is 0.407. The summed E-state index contributed by atoms with van der Waals surface area (Å²) in [4.78, 5) is 0. The zero-order chi connectivity index (χ0) is 12.1. The quantitative estimate of drug-likeness (QED) is 0.705. The van der Waals surface area contributed by atoms with E-state index in [-0.39, 0.29) is 0 Å². The fourth-order valence-electron chi connectivity index (χ4n) is 1.75. The van der Waals surface area contributed by atoms with Gasteiger partial charge in [-0.1, -0.05) is 20.3 Å². The molecular weight excluding hydrogens is 214 g/mol. The third kappa shape index (κ3) is 4.46. The van der Waals surface area contributed by atoms with Crippen LogP contribution in [-0.2, 0) is 12.8 Å². The Hall–Kier alpha value is -0.900. The number of hydrogen-bond acceptors (Lipinski definition) is 4. The van der Waals surface area contributed by atoms with Crippen molar-refractivity contribution in [2.24, 2.45) is 5.92 Å². The van der Waals surface area contributed by atoms with Gasteiger partial charge in [0.2, 0.25) is 11.8 Å². The van der Waals surface area contributed by atoms with Crippen LogP contribution in [0.5, 0.6) is 0 Å². The predicted octanol–water partition coefficient (Wildman–Crippen LogP) is 2.34. The predicted molar refractivity (Wildman–Crippen MR) is 66.8 cm³/mol. The normalized spacial score (nSPS) is 17.3. The van der Waals surface area contributed by atoms with Crippen LogP contribution in [0.25, 0.3) is 0 Å². The molecule has 0 spiro atoms. The number of rotatable bonds is 8. The van der Waals surface area contributed by atoms with Crippen molar-refractivity contribution in [1.29, 1.82) is 0 Å². The van der Waals surface area contributed by atoms with Crippen molar-refractivity contribution < 1.29 is 4.42 Å². The zero-order valence-corrected chi connectivity index (χ0v) is 10.9. The molecule has 0 saturated heterocycles. The molecule has 0 aliphatic heterocycles. The Labute approximate surface area is 103 Å². The second-order valence-corrected chi connectivity index (χ2v) is 5.14. The highest BCUT2D eigenvalue weighted by molar-refractivity contribution is 4.85. The number of aromatic nitrogens is 2. The van der Waals surface area contributed by atoms with Gasteiger partial charge in [0.05, 0.1) is 0 Å². The first-order valence-corrected chi connectivity index (χ1v) is 6.82. The van der Waals surface area contributed by atoms with Gasteiger partial charge in [0.15, 0.2) is 0 Å². The molecule has 0 bridgehead atoms. The summed E-state index contributed by atoms with van der Waals surface area (Å²) in [5, 5.41) is 11.7. The van der Waals surface area contributed by atoms with Crippen LogP contribution < -0.4 is 5.32 Å². The lowest BCUT2D eigenvalue weighted by Crippen LogP contribution is -2.17. The maximum atomic E-state index is 5.63.